The predicted octanol–water partition coefficient (Wildman–Crippen LogP) is 3.72. The van der Waals surface area contributed by atoms with Crippen LogP contribution in [0.15, 0.2) is 18.2 Å². The van der Waals surface area contributed by atoms with Gasteiger partial charge in [0.15, 0.2) is 0 Å². The molecule has 2 heteroatoms. The maximum absolute atomic E-state index is 6.23. The van der Waals surface area contributed by atoms with Gasteiger partial charge in [-0.1, -0.05) is 26.3 Å². The molecule has 0 fully saturated rings. The second kappa shape index (κ2) is 6.95. The number of ether oxygens (including phenoxy) is 1. The third-order valence-electron chi connectivity index (χ3n) is 4.18. The van der Waals surface area contributed by atoms with E-state index >= 15 is 0 Å². The van der Waals surface area contributed by atoms with Gasteiger partial charge in [0.2, 0.25) is 0 Å². The van der Waals surface area contributed by atoms with E-state index in [0.717, 1.165) is 12.2 Å². The van der Waals surface area contributed by atoms with E-state index in [0.29, 0.717) is 6.04 Å². The van der Waals surface area contributed by atoms with Crippen LogP contribution >= 0.6 is 0 Å². The normalized spacial score (nSPS) is 17.0. The fourth-order valence-electron chi connectivity index (χ4n) is 3.07. The minimum atomic E-state index is 0.268. The van der Waals surface area contributed by atoms with Gasteiger partial charge in [-0.3, -0.25) is 0 Å². The average Bonchev–Trinajstić information content (AvgIpc) is 2.90. The van der Waals surface area contributed by atoms with Gasteiger partial charge in [-0.2, -0.15) is 0 Å². The number of benzene rings is 1. The van der Waals surface area contributed by atoms with Gasteiger partial charge in [0.1, 0.15) is 11.9 Å². The second-order valence-corrected chi connectivity index (χ2v) is 5.53. The van der Waals surface area contributed by atoms with Crippen molar-refractivity contribution in [1.29, 1.82) is 0 Å². The molecule has 1 N–H and O–H groups in total. The second-order valence-electron chi connectivity index (χ2n) is 5.53. The Bertz CT molecular complexity index is 402. The van der Waals surface area contributed by atoms with Crippen LogP contribution in [0.5, 0.6) is 5.75 Å². The lowest BCUT2D eigenvalue weighted by atomic mass is 10.0. The van der Waals surface area contributed by atoms with E-state index in [9.17, 15) is 0 Å². The monoisotopic (exact) mass is 261 g/mol. The third-order valence-corrected chi connectivity index (χ3v) is 4.18. The number of hydrogen-bond acceptors (Lipinski definition) is 2. The van der Waals surface area contributed by atoms with Crippen LogP contribution in [0.3, 0.4) is 0 Å². The van der Waals surface area contributed by atoms with E-state index in [-0.39, 0.29) is 6.10 Å². The molecule has 0 spiro atoms. The molecule has 106 valence electrons. The van der Waals surface area contributed by atoms with Gasteiger partial charge in [-0.05, 0) is 62.4 Å². The number of hydrogen-bond donors (Lipinski definition) is 1. The standard InChI is InChI=1S/C17H27NO/c1-4-7-16(18-3)17(5-2)19-15-11-10-13-8-6-9-14(13)12-15/h10-12,16-18H,4-9H2,1-3H3. The molecule has 0 saturated heterocycles. The van der Waals surface area contributed by atoms with Crippen LogP contribution in [0, 0.1) is 0 Å². The summed E-state index contributed by atoms with van der Waals surface area (Å²) >= 11 is 0. The summed E-state index contributed by atoms with van der Waals surface area (Å²) in [6, 6.07) is 7.09. The molecule has 0 amide bonds. The molecule has 1 aromatic carbocycles. The molecule has 0 bridgehead atoms. The number of nitrogens with one attached hydrogen (secondary N) is 1. The maximum atomic E-state index is 6.23. The molecule has 2 rings (SSSR count). The summed E-state index contributed by atoms with van der Waals surface area (Å²) in [4.78, 5) is 0. The Morgan fingerprint density at radius 1 is 1.21 bits per heavy atom. The van der Waals surface area contributed by atoms with Crippen molar-refractivity contribution < 1.29 is 4.74 Å². The fourth-order valence-corrected chi connectivity index (χ4v) is 3.07. The number of rotatable bonds is 7. The molecule has 0 aliphatic heterocycles. The lowest BCUT2D eigenvalue weighted by molar-refractivity contribution is 0.146. The number of fused-ring (bicyclic) bond motifs is 1. The summed E-state index contributed by atoms with van der Waals surface area (Å²) in [7, 11) is 2.04. The zero-order valence-corrected chi connectivity index (χ0v) is 12.5. The molecule has 2 nitrogen and oxygen atoms in total. The van der Waals surface area contributed by atoms with Crippen LogP contribution in [0.25, 0.3) is 0 Å². The summed E-state index contributed by atoms with van der Waals surface area (Å²) < 4.78 is 6.23. The highest BCUT2D eigenvalue weighted by Gasteiger charge is 2.20. The van der Waals surface area contributed by atoms with Crippen molar-refractivity contribution in [2.45, 2.75) is 64.5 Å². The number of aryl methyl sites for hydroxylation is 2. The summed E-state index contributed by atoms with van der Waals surface area (Å²) in [5.41, 5.74) is 3.00. The molecule has 2 unspecified atom stereocenters. The van der Waals surface area contributed by atoms with Crippen molar-refractivity contribution in [3.05, 3.63) is 29.3 Å². The average molecular weight is 261 g/mol. The van der Waals surface area contributed by atoms with Crippen LogP contribution in [0.1, 0.15) is 50.7 Å². The Morgan fingerprint density at radius 3 is 2.68 bits per heavy atom. The van der Waals surface area contributed by atoms with Gasteiger partial charge in [0, 0.05) is 6.04 Å². The Balaban J connectivity index is 2.05. The van der Waals surface area contributed by atoms with Gasteiger partial charge in [0.05, 0.1) is 0 Å². The molecule has 19 heavy (non-hydrogen) atoms. The topological polar surface area (TPSA) is 21.3 Å². The van der Waals surface area contributed by atoms with Crippen molar-refractivity contribution in [3.8, 4) is 5.75 Å². The Morgan fingerprint density at radius 2 is 2.00 bits per heavy atom. The summed E-state index contributed by atoms with van der Waals surface area (Å²) in [6.07, 6.45) is 7.42. The summed E-state index contributed by atoms with van der Waals surface area (Å²) in [5, 5.41) is 3.40. The molecular formula is C17H27NO. The molecule has 0 saturated carbocycles. The molecule has 1 aromatic rings. The van der Waals surface area contributed by atoms with E-state index in [2.05, 4.69) is 37.4 Å². The van der Waals surface area contributed by atoms with E-state index in [4.69, 9.17) is 4.74 Å². The molecule has 0 aromatic heterocycles. The van der Waals surface area contributed by atoms with Crippen LogP contribution in [0.4, 0.5) is 0 Å². The first-order valence-corrected chi connectivity index (χ1v) is 7.74. The third kappa shape index (κ3) is 3.50. The fraction of sp³-hybridized carbons (Fsp3) is 0.647. The van der Waals surface area contributed by atoms with E-state index in [1.54, 1.807) is 0 Å². The Labute approximate surface area is 117 Å². The highest BCUT2D eigenvalue weighted by atomic mass is 16.5. The van der Waals surface area contributed by atoms with Crippen LogP contribution < -0.4 is 10.1 Å². The lowest BCUT2D eigenvalue weighted by Crippen LogP contribution is -2.40. The smallest absolute Gasteiger partial charge is 0.120 e. The molecule has 0 radical (unpaired) electrons. The van der Waals surface area contributed by atoms with Gasteiger partial charge >= 0.3 is 0 Å². The highest BCUT2D eigenvalue weighted by Crippen LogP contribution is 2.27. The first-order valence-electron chi connectivity index (χ1n) is 7.74. The zero-order valence-electron chi connectivity index (χ0n) is 12.5. The van der Waals surface area contributed by atoms with E-state index in [1.807, 2.05) is 7.05 Å². The van der Waals surface area contributed by atoms with Crippen molar-refractivity contribution >= 4 is 0 Å². The van der Waals surface area contributed by atoms with Crippen LogP contribution in [0.2, 0.25) is 0 Å². The molecular weight excluding hydrogens is 234 g/mol. The van der Waals surface area contributed by atoms with Gasteiger partial charge in [-0.15, -0.1) is 0 Å². The van der Waals surface area contributed by atoms with E-state index in [1.165, 1.54) is 43.2 Å². The van der Waals surface area contributed by atoms with E-state index < -0.39 is 0 Å². The van der Waals surface area contributed by atoms with Gasteiger partial charge < -0.3 is 10.1 Å². The Hall–Kier alpha value is -1.02. The highest BCUT2D eigenvalue weighted by molar-refractivity contribution is 5.38. The Kier molecular flexibility index (Phi) is 5.26. The van der Waals surface area contributed by atoms with Crippen LogP contribution in [-0.4, -0.2) is 19.2 Å². The quantitative estimate of drug-likeness (QED) is 0.807. The minimum absolute atomic E-state index is 0.268. The summed E-state index contributed by atoms with van der Waals surface area (Å²) in [5.74, 6) is 1.05. The lowest BCUT2D eigenvalue weighted by Gasteiger charge is -2.27. The van der Waals surface area contributed by atoms with Crippen molar-refractivity contribution in [2.24, 2.45) is 0 Å². The molecule has 2 atom stereocenters. The van der Waals surface area contributed by atoms with Gasteiger partial charge in [-0.25, -0.2) is 0 Å². The van der Waals surface area contributed by atoms with Gasteiger partial charge in [0.25, 0.3) is 0 Å². The van der Waals surface area contributed by atoms with Crippen molar-refractivity contribution in [2.75, 3.05) is 7.05 Å². The SMILES string of the molecule is CCCC(NC)C(CC)Oc1ccc2c(c1)CCC2. The molecule has 0 heterocycles. The molecule has 1 aliphatic carbocycles. The van der Waals surface area contributed by atoms with Crippen LogP contribution in [-0.2, 0) is 12.8 Å². The maximum Gasteiger partial charge on any atom is 0.120 e. The molecule has 1 aliphatic rings. The largest absolute Gasteiger partial charge is 0.489 e. The van der Waals surface area contributed by atoms with Crippen molar-refractivity contribution in [3.63, 3.8) is 0 Å². The summed E-state index contributed by atoms with van der Waals surface area (Å²) in [6.45, 7) is 4.44. The van der Waals surface area contributed by atoms with Crippen molar-refractivity contribution in [1.82, 2.24) is 5.32 Å². The predicted molar refractivity (Wildman–Crippen MR) is 80.9 cm³/mol. The first-order chi connectivity index (χ1) is 9.28. The zero-order chi connectivity index (χ0) is 13.7. The number of likely N-dealkylation sites (N-methyl/N-ethyl adjacent to an activating group) is 1. The first kappa shape index (κ1) is 14.4. The minimum Gasteiger partial charge on any atom is -0.489 e.